The molecule has 156 valence electrons. The number of carbonyl (C=O) groups is 3. The fourth-order valence-corrected chi connectivity index (χ4v) is 3.25. The Labute approximate surface area is 165 Å². The SMILES string of the molecule is C[C@H](NC(=O)c1ccoc1)C(=O)N[C@H](CNC(=O)OC(C)(C)C)C1CCCC1. The molecule has 2 rings (SSSR count). The number of carbonyl (C=O) groups excluding carboxylic acids is 3. The van der Waals surface area contributed by atoms with Crippen LogP contribution in [-0.4, -0.2) is 42.1 Å². The highest BCUT2D eigenvalue weighted by Gasteiger charge is 2.29. The van der Waals surface area contributed by atoms with Gasteiger partial charge in [0.05, 0.1) is 11.8 Å². The molecular formula is C20H31N3O5. The second kappa shape index (κ2) is 9.61. The Balaban J connectivity index is 1.90. The van der Waals surface area contributed by atoms with Crippen molar-refractivity contribution in [2.24, 2.45) is 5.92 Å². The van der Waals surface area contributed by atoms with Crippen LogP contribution in [0.3, 0.4) is 0 Å². The van der Waals surface area contributed by atoms with Crippen LogP contribution < -0.4 is 16.0 Å². The maximum atomic E-state index is 12.6. The van der Waals surface area contributed by atoms with Crippen molar-refractivity contribution in [2.45, 2.75) is 71.1 Å². The Morgan fingerprint density at radius 3 is 2.46 bits per heavy atom. The van der Waals surface area contributed by atoms with E-state index in [-0.39, 0.29) is 30.3 Å². The number of hydrogen-bond donors (Lipinski definition) is 3. The lowest BCUT2D eigenvalue weighted by Crippen LogP contribution is -2.53. The van der Waals surface area contributed by atoms with Gasteiger partial charge in [-0.25, -0.2) is 4.79 Å². The first-order chi connectivity index (χ1) is 13.2. The van der Waals surface area contributed by atoms with E-state index in [2.05, 4.69) is 16.0 Å². The summed E-state index contributed by atoms with van der Waals surface area (Å²) in [4.78, 5) is 36.6. The van der Waals surface area contributed by atoms with Gasteiger partial charge >= 0.3 is 6.09 Å². The summed E-state index contributed by atoms with van der Waals surface area (Å²) in [5, 5.41) is 8.38. The van der Waals surface area contributed by atoms with Crippen LogP contribution >= 0.6 is 0 Å². The predicted octanol–water partition coefficient (Wildman–Crippen LogP) is 2.60. The van der Waals surface area contributed by atoms with Crippen molar-refractivity contribution in [2.75, 3.05) is 6.54 Å². The summed E-state index contributed by atoms with van der Waals surface area (Å²) in [5.41, 5.74) is -0.221. The molecule has 3 N–H and O–H groups in total. The second-order valence-electron chi connectivity index (χ2n) is 8.25. The van der Waals surface area contributed by atoms with Gasteiger partial charge in [0, 0.05) is 12.6 Å². The molecule has 1 fully saturated rings. The maximum absolute atomic E-state index is 12.6. The normalized spacial score (nSPS) is 16.9. The van der Waals surface area contributed by atoms with Crippen LogP contribution in [0.4, 0.5) is 4.79 Å². The third kappa shape index (κ3) is 6.90. The van der Waals surface area contributed by atoms with Gasteiger partial charge in [-0.1, -0.05) is 12.8 Å². The zero-order chi connectivity index (χ0) is 20.7. The molecule has 28 heavy (non-hydrogen) atoms. The van der Waals surface area contributed by atoms with Gasteiger partial charge in [-0.15, -0.1) is 0 Å². The highest BCUT2D eigenvalue weighted by Crippen LogP contribution is 2.27. The quantitative estimate of drug-likeness (QED) is 0.660. The smallest absolute Gasteiger partial charge is 0.407 e. The minimum absolute atomic E-state index is 0.212. The van der Waals surface area contributed by atoms with Crippen LogP contribution in [0.5, 0.6) is 0 Å². The van der Waals surface area contributed by atoms with E-state index >= 15 is 0 Å². The summed E-state index contributed by atoms with van der Waals surface area (Å²) in [6, 6.07) is 0.607. The average molecular weight is 393 g/mol. The lowest BCUT2D eigenvalue weighted by Gasteiger charge is -2.27. The van der Waals surface area contributed by atoms with Crippen LogP contribution in [0.1, 0.15) is 63.7 Å². The Hall–Kier alpha value is -2.51. The molecule has 2 atom stereocenters. The second-order valence-corrected chi connectivity index (χ2v) is 8.25. The van der Waals surface area contributed by atoms with E-state index in [1.165, 1.54) is 18.6 Å². The molecule has 1 aliphatic carbocycles. The van der Waals surface area contributed by atoms with Crippen LogP contribution in [0.2, 0.25) is 0 Å². The van der Waals surface area contributed by atoms with Crippen LogP contribution in [0.15, 0.2) is 23.0 Å². The molecule has 0 unspecified atom stereocenters. The predicted molar refractivity (Wildman–Crippen MR) is 104 cm³/mol. The Morgan fingerprint density at radius 1 is 1.21 bits per heavy atom. The molecule has 8 heteroatoms. The molecule has 8 nitrogen and oxygen atoms in total. The van der Waals surface area contributed by atoms with E-state index in [9.17, 15) is 14.4 Å². The van der Waals surface area contributed by atoms with E-state index in [0.717, 1.165) is 25.7 Å². The van der Waals surface area contributed by atoms with Crippen molar-refractivity contribution >= 4 is 17.9 Å². The van der Waals surface area contributed by atoms with Crippen LogP contribution in [-0.2, 0) is 9.53 Å². The minimum Gasteiger partial charge on any atom is -0.472 e. The molecule has 0 bridgehead atoms. The molecule has 3 amide bonds. The summed E-state index contributed by atoms with van der Waals surface area (Å²) in [5.74, 6) is -0.379. The third-order valence-electron chi connectivity index (χ3n) is 4.69. The van der Waals surface area contributed by atoms with Gasteiger partial charge in [0.25, 0.3) is 5.91 Å². The topological polar surface area (TPSA) is 110 Å². The maximum Gasteiger partial charge on any atom is 0.407 e. The van der Waals surface area contributed by atoms with Gasteiger partial charge in [0.2, 0.25) is 5.91 Å². The van der Waals surface area contributed by atoms with Crippen LogP contribution in [0.25, 0.3) is 0 Å². The molecule has 1 aromatic rings. The monoisotopic (exact) mass is 393 g/mol. The number of rotatable bonds is 7. The van der Waals surface area contributed by atoms with Gasteiger partial charge in [0.1, 0.15) is 17.9 Å². The van der Waals surface area contributed by atoms with E-state index in [1.807, 2.05) is 0 Å². The minimum atomic E-state index is -0.715. The first kappa shape index (κ1) is 21.8. The molecule has 0 spiro atoms. The molecule has 1 aliphatic rings. The summed E-state index contributed by atoms with van der Waals surface area (Å²) < 4.78 is 10.2. The molecular weight excluding hydrogens is 362 g/mol. The van der Waals surface area contributed by atoms with Crippen molar-refractivity contribution in [3.8, 4) is 0 Å². The molecule has 0 aliphatic heterocycles. The average Bonchev–Trinajstić information content (AvgIpc) is 3.29. The molecule has 1 heterocycles. The van der Waals surface area contributed by atoms with Crippen molar-refractivity contribution in [1.82, 2.24) is 16.0 Å². The van der Waals surface area contributed by atoms with E-state index in [0.29, 0.717) is 5.56 Å². The lowest BCUT2D eigenvalue weighted by atomic mass is 9.97. The Bertz CT molecular complexity index is 660. The number of amides is 3. The highest BCUT2D eigenvalue weighted by molar-refractivity contribution is 5.97. The lowest BCUT2D eigenvalue weighted by molar-refractivity contribution is -0.123. The number of alkyl carbamates (subject to hydrolysis) is 1. The summed E-state index contributed by atoms with van der Waals surface area (Å²) in [6.07, 6.45) is 6.43. The zero-order valence-electron chi connectivity index (χ0n) is 17.0. The van der Waals surface area contributed by atoms with Gasteiger partial charge in [0.15, 0.2) is 0 Å². The summed E-state index contributed by atoms with van der Waals surface area (Å²) >= 11 is 0. The molecule has 0 aromatic carbocycles. The molecule has 0 radical (unpaired) electrons. The van der Waals surface area contributed by atoms with Crippen LogP contribution in [0, 0.1) is 5.92 Å². The standard InChI is InChI=1S/C20H31N3O5/c1-13(22-18(25)15-9-10-27-12-15)17(24)23-16(14-7-5-6-8-14)11-21-19(26)28-20(2,3)4/h9-10,12-14,16H,5-8,11H2,1-4H3,(H,21,26)(H,22,25)(H,23,24)/t13-,16+/m0/s1. The van der Waals surface area contributed by atoms with Crippen molar-refractivity contribution in [3.63, 3.8) is 0 Å². The first-order valence-electron chi connectivity index (χ1n) is 9.76. The summed E-state index contributed by atoms with van der Waals surface area (Å²) in [7, 11) is 0. The number of nitrogens with one attached hydrogen (secondary N) is 3. The number of furan rings is 1. The van der Waals surface area contributed by atoms with Gasteiger partial charge in [-0.3, -0.25) is 9.59 Å². The number of ether oxygens (including phenoxy) is 1. The highest BCUT2D eigenvalue weighted by atomic mass is 16.6. The number of hydrogen-bond acceptors (Lipinski definition) is 5. The third-order valence-corrected chi connectivity index (χ3v) is 4.69. The molecule has 1 saturated carbocycles. The van der Waals surface area contributed by atoms with Gasteiger partial charge in [-0.05, 0) is 52.5 Å². The molecule has 1 aromatic heterocycles. The Kier molecular flexibility index (Phi) is 7.48. The zero-order valence-corrected chi connectivity index (χ0v) is 17.0. The summed E-state index contributed by atoms with van der Waals surface area (Å²) in [6.45, 7) is 7.31. The van der Waals surface area contributed by atoms with Crippen molar-refractivity contribution < 1.29 is 23.5 Å². The molecule has 0 saturated heterocycles. The van der Waals surface area contributed by atoms with E-state index in [4.69, 9.17) is 9.15 Å². The van der Waals surface area contributed by atoms with Gasteiger partial charge in [-0.2, -0.15) is 0 Å². The fourth-order valence-electron chi connectivity index (χ4n) is 3.25. The van der Waals surface area contributed by atoms with E-state index < -0.39 is 17.7 Å². The fraction of sp³-hybridized carbons (Fsp3) is 0.650. The van der Waals surface area contributed by atoms with Crippen molar-refractivity contribution in [1.29, 1.82) is 0 Å². The first-order valence-corrected chi connectivity index (χ1v) is 9.76. The van der Waals surface area contributed by atoms with E-state index in [1.54, 1.807) is 27.7 Å². The van der Waals surface area contributed by atoms with Gasteiger partial charge < -0.3 is 25.1 Å². The van der Waals surface area contributed by atoms with Crippen molar-refractivity contribution in [3.05, 3.63) is 24.2 Å². The Morgan fingerprint density at radius 2 is 1.89 bits per heavy atom. The largest absolute Gasteiger partial charge is 0.472 e.